The molecule has 1 atom stereocenters. The van der Waals surface area contributed by atoms with E-state index >= 15 is 0 Å². The Morgan fingerprint density at radius 1 is 1.31 bits per heavy atom. The van der Waals surface area contributed by atoms with Crippen LogP contribution in [0.15, 0.2) is 18.2 Å². The van der Waals surface area contributed by atoms with E-state index < -0.39 is 6.10 Å². The zero-order valence-electron chi connectivity index (χ0n) is 17.2. The number of aromatic nitrogens is 2. The minimum absolute atomic E-state index is 0.126. The van der Waals surface area contributed by atoms with Crippen LogP contribution >= 0.6 is 11.6 Å². The fourth-order valence-corrected chi connectivity index (χ4v) is 3.67. The highest BCUT2D eigenvalue weighted by molar-refractivity contribution is 6.31. The molecule has 0 spiro atoms. The van der Waals surface area contributed by atoms with E-state index in [1.165, 1.54) is 0 Å². The highest BCUT2D eigenvalue weighted by Crippen LogP contribution is 2.23. The number of rotatable bonds is 7. The van der Waals surface area contributed by atoms with Gasteiger partial charge < -0.3 is 15.2 Å². The molecule has 1 aromatic carbocycles. The zero-order valence-corrected chi connectivity index (χ0v) is 18.0. The van der Waals surface area contributed by atoms with Crippen molar-refractivity contribution < 1.29 is 14.6 Å². The van der Waals surface area contributed by atoms with Gasteiger partial charge in [0.2, 0.25) is 5.91 Å². The van der Waals surface area contributed by atoms with Crippen molar-refractivity contribution in [1.29, 1.82) is 0 Å². The number of aryl methyl sites for hydroxylation is 2. The molecule has 1 fully saturated rings. The van der Waals surface area contributed by atoms with Crippen molar-refractivity contribution in [3.05, 3.63) is 45.7 Å². The van der Waals surface area contributed by atoms with Crippen molar-refractivity contribution >= 4 is 17.5 Å². The number of morpholine rings is 1. The van der Waals surface area contributed by atoms with Crippen LogP contribution in [0.2, 0.25) is 5.02 Å². The van der Waals surface area contributed by atoms with Gasteiger partial charge >= 0.3 is 0 Å². The number of aliphatic hydroxyl groups excluding tert-OH is 1. The molecule has 1 saturated heterocycles. The molecule has 1 unspecified atom stereocenters. The molecule has 1 amide bonds. The number of benzene rings is 1. The van der Waals surface area contributed by atoms with Crippen LogP contribution in [0.25, 0.3) is 5.69 Å². The Labute approximate surface area is 176 Å². The Balaban J connectivity index is 1.58. The first kappa shape index (κ1) is 21.8. The number of nitrogens with one attached hydrogen (secondary N) is 1. The molecule has 2 N–H and O–H groups in total. The van der Waals surface area contributed by atoms with E-state index in [1.807, 2.05) is 43.7 Å². The lowest BCUT2D eigenvalue weighted by Gasteiger charge is -2.28. The molecule has 0 saturated carbocycles. The lowest BCUT2D eigenvalue weighted by Crippen LogP contribution is -2.44. The van der Waals surface area contributed by atoms with E-state index in [-0.39, 0.29) is 18.9 Å². The smallest absolute Gasteiger partial charge is 0.224 e. The summed E-state index contributed by atoms with van der Waals surface area (Å²) >= 11 is 6.25. The average molecular weight is 421 g/mol. The molecular weight excluding hydrogens is 392 g/mol. The molecule has 29 heavy (non-hydrogen) atoms. The van der Waals surface area contributed by atoms with Gasteiger partial charge in [0.15, 0.2) is 0 Å². The molecule has 0 radical (unpaired) electrons. The van der Waals surface area contributed by atoms with Crippen molar-refractivity contribution in [3.8, 4) is 5.69 Å². The quantitative estimate of drug-likeness (QED) is 0.714. The van der Waals surface area contributed by atoms with Gasteiger partial charge in [-0.15, -0.1) is 0 Å². The number of amides is 1. The number of halogens is 1. The third-order valence-corrected chi connectivity index (χ3v) is 5.69. The molecule has 7 nitrogen and oxygen atoms in total. The standard InChI is InChI=1S/C21H29ClN4O3/c1-14-4-5-17(10-20(14)22)26-16(3)19(15(2)24-26)11-21(28)23-12-18(27)13-25-6-8-29-9-7-25/h4-5,10,18,27H,6-9,11-13H2,1-3H3,(H,23,28). The number of hydrogen-bond donors (Lipinski definition) is 2. The maximum Gasteiger partial charge on any atom is 0.224 e. The number of hydrogen-bond acceptors (Lipinski definition) is 5. The topological polar surface area (TPSA) is 79.6 Å². The van der Waals surface area contributed by atoms with Crippen molar-refractivity contribution in [2.45, 2.75) is 33.3 Å². The van der Waals surface area contributed by atoms with E-state index in [0.717, 1.165) is 41.3 Å². The number of aliphatic hydroxyl groups is 1. The monoisotopic (exact) mass is 420 g/mol. The van der Waals surface area contributed by atoms with Gasteiger partial charge in [0.25, 0.3) is 0 Å². The fraction of sp³-hybridized carbons (Fsp3) is 0.524. The third kappa shape index (κ3) is 5.57. The van der Waals surface area contributed by atoms with E-state index in [4.69, 9.17) is 16.3 Å². The number of ether oxygens (including phenoxy) is 1. The molecule has 0 aliphatic carbocycles. The second-order valence-electron chi connectivity index (χ2n) is 7.54. The van der Waals surface area contributed by atoms with E-state index in [9.17, 15) is 9.90 Å². The first-order valence-electron chi connectivity index (χ1n) is 9.91. The predicted molar refractivity (Wildman–Crippen MR) is 113 cm³/mol. The lowest BCUT2D eigenvalue weighted by atomic mass is 10.1. The Kier molecular flexibility index (Phi) is 7.29. The molecule has 0 bridgehead atoms. The summed E-state index contributed by atoms with van der Waals surface area (Å²) in [6.45, 7) is 9.57. The van der Waals surface area contributed by atoms with Crippen molar-refractivity contribution in [2.75, 3.05) is 39.4 Å². The van der Waals surface area contributed by atoms with Crippen molar-refractivity contribution in [3.63, 3.8) is 0 Å². The largest absolute Gasteiger partial charge is 0.390 e. The van der Waals surface area contributed by atoms with E-state index in [1.54, 1.807) is 0 Å². The molecule has 158 valence electrons. The average Bonchev–Trinajstić information content (AvgIpc) is 2.97. The van der Waals surface area contributed by atoms with Crippen molar-refractivity contribution in [2.24, 2.45) is 0 Å². The van der Waals surface area contributed by atoms with Gasteiger partial charge in [-0.25, -0.2) is 4.68 Å². The van der Waals surface area contributed by atoms with E-state index in [0.29, 0.717) is 24.8 Å². The minimum atomic E-state index is -0.600. The van der Waals surface area contributed by atoms with Crippen LogP contribution in [-0.2, 0) is 16.0 Å². The maximum absolute atomic E-state index is 12.4. The fourth-order valence-electron chi connectivity index (χ4n) is 3.50. The minimum Gasteiger partial charge on any atom is -0.390 e. The normalized spacial score (nSPS) is 16.0. The molecule has 2 heterocycles. The summed E-state index contributed by atoms with van der Waals surface area (Å²) in [5.41, 5.74) is 4.48. The van der Waals surface area contributed by atoms with Gasteiger partial charge in [0, 0.05) is 42.5 Å². The summed E-state index contributed by atoms with van der Waals surface area (Å²) in [6.07, 6.45) is -0.377. The van der Waals surface area contributed by atoms with Crippen LogP contribution in [0.3, 0.4) is 0 Å². The Bertz CT molecular complexity index is 862. The maximum atomic E-state index is 12.4. The third-order valence-electron chi connectivity index (χ3n) is 5.29. The summed E-state index contributed by atoms with van der Waals surface area (Å²) in [7, 11) is 0. The predicted octanol–water partition coefficient (Wildman–Crippen LogP) is 1.80. The number of β-amino-alcohol motifs (C(OH)–C–C–N with tert-alkyl or cyclic N) is 1. The second kappa shape index (κ2) is 9.71. The molecular formula is C21H29ClN4O3. The van der Waals surface area contributed by atoms with Gasteiger partial charge in [-0.3, -0.25) is 9.69 Å². The van der Waals surface area contributed by atoms with Crippen LogP contribution in [0, 0.1) is 20.8 Å². The summed E-state index contributed by atoms with van der Waals surface area (Å²) in [6, 6.07) is 5.80. The Morgan fingerprint density at radius 2 is 2.03 bits per heavy atom. The summed E-state index contributed by atoms with van der Waals surface area (Å²) in [4.78, 5) is 14.6. The highest BCUT2D eigenvalue weighted by atomic mass is 35.5. The van der Waals surface area contributed by atoms with E-state index in [2.05, 4.69) is 15.3 Å². The second-order valence-corrected chi connectivity index (χ2v) is 7.95. The molecule has 1 aliphatic heterocycles. The number of carbonyl (C=O) groups excluding carboxylic acids is 1. The van der Waals surface area contributed by atoms with Crippen LogP contribution in [-0.4, -0.2) is 71.2 Å². The van der Waals surface area contributed by atoms with Gasteiger partial charge in [0.1, 0.15) is 0 Å². The summed E-state index contributed by atoms with van der Waals surface area (Å²) in [5, 5.41) is 18.3. The van der Waals surface area contributed by atoms with Gasteiger partial charge in [-0.05, 0) is 38.5 Å². The van der Waals surface area contributed by atoms with Crippen LogP contribution < -0.4 is 5.32 Å². The highest BCUT2D eigenvalue weighted by Gasteiger charge is 2.18. The summed E-state index contributed by atoms with van der Waals surface area (Å²) < 4.78 is 7.12. The SMILES string of the molecule is Cc1ccc(-n2nc(C)c(CC(=O)NCC(O)CN3CCOCC3)c2C)cc1Cl. The first-order chi connectivity index (χ1) is 13.8. The van der Waals surface area contributed by atoms with Crippen LogP contribution in [0.1, 0.15) is 22.5 Å². The van der Waals surface area contributed by atoms with Gasteiger partial charge in [-0.1, -0.05) is 17.7 Å². The first-order valence-corrected chi connectivity index (χ1v) is 10.3. The van der Waals surface area contributed by atoms with Crippen LogP contribution in [0.5, 0.6) is 0 Å². The summed E-state index contributed by atoms with van der Waals surface area (Å²) in [5.74, 6) is -0.126. The van der Waals surface area contributed by atoms with Gasteiger partial charge in [0.05, 0.1) is 37.1 Å². The Hall–Kier alpha value is -1.93. The van der Waals surface area contributed by atoms with Crippen molar-refractivity contribution in [1.82, 2.24) is 20.0 Å². The van der Waals surface area contributed by atoms with Crippen LogP contribution in [0.4, 0.5) is 0 Å². The molecule has 1 aliphatic rings. The number of carbonyl (C=O) groups is 1. The number of nitrogens with zero attached hydrogens (tertiary/aromatic N) is 3. The zero-order chi connectivity index (χ0) is 21.0. The Morgan fingerprint density at radius 3 is 2.72 bits per heavy atom. The molecule has 3 rings (SSSR count). The molecule has 2 aromatic rings. The lowest BCUT2D eigenvalue weighted by molar-refractivity contribution is -0.121. The van der Waals surface area contributed by atoms with Gasteiger partial charge in [-0.2, -0.15) is 5.10 Å². The molecule has 8 heteroatoms. The molecule has 1 aromatic heterocycles.